The monoisotopic (exact) mass is 259 g/mol. The molecule has 0 aromatic rings. The molecule has 0 aliphatic carbocycles. The van der Waals surface area contributed by atoms with Crippen molar-refractivity contribution in [2.45, 2.75) is 43.9 Å². The highest BCUT2D eigenvalue weighted by atomic mass is 16.4. The first-order valence-corrected chi connectivity index (χ1v) is 6.16. The van der Waals surface area contributed by atoms with Crippen molar-refractivity contribution in [1.82, 2.24) is 4.90 Å². The van der Waals surface area contributed by atoms with Crippen molar-refractivity contribution in [3.8, 4) is 0 Å². The number of aliphatic hydroxyl groups is 1. The Hall–Kier alpha value is -1.18. The minimum atomic E-state index is -1.19. The second-order valence-electron chi connectivity index (χ2n) is 4.56. The van der Waals surface area contributed by atoms with Gasteiger partial charge in [0.05, 0.1) is 12.1 Å². The Morgan fingerprint density at radius 1 is 1.39 bits per heavy atom. The third-order valence-corrected chi connectivity index (χ3v) is 3.19. The van der Waals surface area contributed by atoms with Crippen LogP contribution in [0.1, 0.15) is 25.7 Å². The molecule has 18 heavy (non-hydrogen) atoms. The van der Waals surface area contributed by atoms with Gasteiger partial charge in [-0.15, -0.1) is 0 Å². The molecule has 1 saturated heterocycles. The average molecular weight is 259 g/mol. The molecule has 1 heterocycles. The van der Waals surface area contributed by atoms with E-state index in [2.05, 4.69) is 0 Å². The highest BCUT2D eigenvalue weighted by Gasteiger charge is 2.42. The molecule has 6 N–H and O–H groups in total. The van der Waals surface area contributed by atoms with E-state index in [-0.39, 0.29) is 13.0 Å². The highest BCUT2D eigenvalue weighted by molar-refractivity contribution is 5.87. The molecular weight excluding hydrogens is 238 g/mol. The van der Waals surface area contributed by atoms with E-state index in [9.17, 15) is 14.7 Å². The zero-order valence-corrected chi connectivity index (χ0v) is 10.3. The lowest BCUT2D eigenvalue weighted by Gasteiger charge is -2.25. The predicted molar refractivity (Wildman–Crippen MR) is 64.6 cm³/mol. The van der Waals surface area contributed by atoms with Gasteiger partial charge in [-0.25, -0.2) is 4.79 Å². The summed E-state index contributed by atoms with van der Waals surface area (Å²) in [7, 11) is 0. The normalized spacial score (nSPS) is 25.2. The number of hydrogen-bond donors (Lipinski definition) is 4. The van der Waals surface area contributed by atoms with E-state index in [4.69, 9.17) is 16.6 Å². The Bertz CT molecular complexity index is 311. The quantitative estimate of drug-likeness (QED) is 0.429. The number of unbranched alkanes of at least 4 members (excludes halogenated alkanes) is 1. The number of nitrogens with zero attached hydrogens (tertiary/aromatic N) is 1. The molecule has 0 aromatic carbocycles. The van der Waals surface area contributed by atoms with Gasteiger partial charge in [0.15, 0.2) is 6.04 Å². The van der Waals surface area contributed by atoms with Crippen LogP contribution in [0.3, 0.4) is 0 Å². The van der Waals surface area contributed by atoms with Gasteiger partial charge < -0.3 is 26.6 Å². The first kappa shape index (κ1) is 14.9. The van der Waals surface area contributed by atoms with Crippen molar-refractivity contribution < 1.29 is 19.8 Å². The van der Waals surface area contributed by atoms with Crippen molar-refractivity contribution in [3.05, 3.63) is 0 Å². The van der Waals surface area contributed by atoms with Crippen molar-refractivity contribution >= 4 is 11.9 Å². The molecule has 3 atom stereocenters. The number of hydrogen-bond acceptors (Lipinski definition) is 5. The topological polar surface area (TPSA) is 130 Å². The van der Waals surface area contributed by atoms with Crippen LogP contribution in [-0.4, -0.2) is 58.3 Å². The van der Waals surface area contributed by atoms with E-state index >= 15 is 0 Å². The SMILES string of the molecule is NCCCC[C@H](N)C(=O)N1CCC(O)[C@H]1C(=O)O. The van der Waals surface area contributed by atoms with Crippen molar-refractivity contribution in [3.63, 3.8) is 0 Å². The summed E-state index contributed by atoms with van der Waals surface area (Å²) in [6, 6.07) is -1.89. The molecule has 0 radical (unpaired) electrons. The van der Waals surface area contributed by atoms with Crippen LogP contribution in [0.2, 0.25) is 0 Å². The maximum atomic E-state index is 12.0. The molecule has 0 saturated carbocycles. The summed E-state index contributed by atoms with van der Waals surface area (Å²) >= 11 is 0. The van der Waals surface area contributed by atoms with E-state index in [1.807, 2.05) is 0 Å². The molecule has 1 amide bonds. The molecule has 1 rings (SSSR count). The Kier molecular flexibility index (Phi) is 5.52. The van der Waals surface area contributed by atoms with Gasteiger partial charge in [0.2, 0.25) is 5.91 Å². The molecule has 104 valence electrons. The van der Waals surface area contributed by atoms with E-state index < -0.39 is 30.1 Å². The fourth-order valence-electron chi connectivity index (χ4n) is 2.17. The number of rotatable bonds is 6. The zero-order valence-electron chi connectivity index (χ0n) is 10.3. The van der Waals surface area contributed by atoms with Crippen LogP contribution in [0.25, 0.3) is 0 Å². The molecular formula is C11H21N3O4. The van der Waals surface area contributed by atoms with Gasteiger partial charge in [0, 0.05) is 6.54 Å². The standard InChI is InChI=1S/C11H21N3O4/c12-5-2-1-3-7(13)10(16)14-6-4-8(15)9(14)11(17)18/h7-9,15H,1-6,12-13H2,(H,17,18)/t7-,8?,9-/m0/s1. The van der Waals surface area contributed by atoms with Crippen molar-refractivity contribution in [2.75, 3.05) is 13.1 Å². The van der Waals surface area contributed by atoms with E-state index in [0.29, 0.717) is 13.0 Å². The molecule has 1 aliphatic rings. The van der Waals surface area contributed by atoms with Crippen LogP contribution < -0.4 is 11.5 Å². The zero-order chi connectivity index (χ0) is 13.7. The Morgan fingerprint density at radius 2 is 2.06 bits per heavy atom. The molecule has 1 unspecified atom stereocenters. The lowest BCUT2D eigenvalue weighted by molar-refractivity contribution is -0.151. The summed E-state index contributed by atoms with van der Waals surface area (Å²) in [6.45, 7) is 0.780. The van der Waals surface area contributed by atoms with Gasteiger partial charge in [-0.05, 0) is 25.8 Å². The summed E-state index contributed by atoms with van der Waals surface area (Å²) in [6.07, 6.45) is 1.26. The van der Waals surface area contributed by atoms with E-state index in [1.165, 1.54) is 4.90 Å². The molecule has 0 bridgehead atoms. The molecule has 7 nitrogen and oxygen atoms in total. The number of likely N-dealkylation sites (tertiary alicyclic amines) is 1. The summed E-state index contributed by atoms with van der Waals surface area (Å²) in [5.41, 5.74) is 11.1. The van der Waals surface area contributed by atoms with Gasteiger partial charge in [0.1, 0.15) is 0 Å². The fraction of sp³-hybridized carbons (Fsp3) is 0.818. The van der Waals surface area contributed by atoms with Gasteiger partial charge in [-0.2, -0.15) is 0 Å². The second kappa shape index (κ2) is 6.67. The predicted octanol–water partition coefficient (Wildman–Crippen LogP) is -1.51. The van der Waals surface area contributed by atoms with Crippen LogP contribution >= 0.6 is 0 Å². The van der Waals surface area contributed by atoms with Crippen LogP contribution in [0.4, 0.5) is 0 Å². The average Bonchev–Trinajstić information content (AvgIpc) is 2.70. The van der Waals surface area contributed by atoms with Crippen LogP contribution in [0.15, 0.2) is 0 Å². The molecule has 7 heteroatoms. The number of carbonyl (C=O) groups is 2. The Balaban J connectivity index is 2.57. The fourth-order valence-corrected chi connectivity index (χ4v) is 2.17. The van der Waals surface area contributed by atoms with Gasteiger partial charge in [0.25, 0.3) is 0 Å². The third-order valence-electron chi connectivity index (χ3n) is 3.19. The smallest absolute Gasteiger partial charge is 0.329 e. The molecule has 0 aromatic heterocycles. The number of carbonyl (C=O) groups excluding carboxylic acids is 1. The number of carboxylic acid groups (broad SMARTS) is 1. The van der Waals surface area contributed by atoms with Crippen molar-refractivity contribution in [2.24, 2.45) is 11.5 Å². The van der Waals surface area contributed by atoms with E-state index in [1.54, 1.807) is 0 Å². The number of carboxylic acids is 1. The first-order chi connectivity index (χ1) is 8.49. The van der Waals surface area contributed by atoms with Gasteiger partial charge in [-0.1, -0.05) is 6.42 Å². The number of aliphatic carboxylic acids is 1. The lowest BCUT2D eigenvalue weighted by atomic mass is 10.1. The van der Waals surface area contributed by atoms with Crippen molar-refractivity contribution in [1.29, 1.82) is 0 Å². The maximum absolute atomic E-state index is 12.0. The summed E-state index contributed by atoms with van der Waals surface area (Å²) < 4.78 is 0. The van der Waals surface area contributed by atoms with Gasteiger partial charge >= 0.3 is 5.97 Å². The lowest BCUT2D eigenvalue weighted by Crippen LogP contribution is -2.51. The summed E-state index contributed by atoms with van der Waals surface area (Å²) in [4.78, 5) is 24.2. The third kappa shape index (κ3) is 3.41. The number of nitrogens with two attached hydrogens (primary N) is 2. The maximum Gasteiger partial charge on any atom is 0.329 e. The van der Waals surface area contributed by atoms with Crippen LogP contribution in [0, 0.1) is 0 Å². The Labute approximate surface area is 106 Å². The Morgan fingerprint density at radius 3 is 2.61 bits per heavy atom. The number of aliphatic hydroxyl groups excluding tert-OH is 1. The van der Waals surface area contributed by atoms with Crippen LogP contribution in [0.5, 0.6) is 0 Å². The summed E-state index contributed by atoms with van der Waals surface area (Å²) in [5, 5.41) is 18.5. The minimum Gasteiger partial charge on any atom is -0.480 e. The highest BCUT2D eigenvalue weighted by Crippen LogP contribution is 2.19. The first-order valence-electron chi connectivity index (χ1n) is 6.16. The molecule has 0 spiro atoms. The van der Waals surface area contributed by atoms with Gasteiger partial charge in [-0.3, -0.25) is 4.79 Å². The minimum absolute atomic E-state index is 0.238. The van der Waals surface area contributed by atoms with E-state index in [0.717, 1.165) is 12.8 Å². The van der Waals surface area contributed by atoms with Crippen LogP contribution in [-0.2, 0) is 9.59 Å². The molecule has 1 aliphatic heterocycles. The summed E-state index contributed by atoms with van der Waals surface area (Å²) in [5.74, 6) is -1.60. The number of amides is 1. The molecule has 1 fully saturated rings. The largest absolute Gasteiger partial charge is 0.480 e. The second-order valence-corrected chi connectivity index (χ2v) is 4.56.